The SMILES string of the molecule is COc1ccc(N(C(N)=O)c2cc(C)nc3ccccc23)cc1. The van der Waals surface area contributed by atoms with Crippen LogP contribution in [0.4, 0.5) is 16.2 Å². The predicted molar refractivity (Wildman–Crippen MR) is 91.2 cm³/mol. The molecule has 23 heavy (non-hydrogen) atoms. The Kier molecular flexibility index (Phi) is 3.85. The van der Waals surface area contributed by atoms with E-state index < -0.39 is 6.03 Å². The van der Waals surface area contributed by atoms with Crippen LogP contribution in [0.15, 0.2) is 54.6 Å². The fourth-order valence-corrected chi connectivity index (χ4v) is 2.59. The number of ether oxygens (including phenoxy) is 1. The van der Waals surface area contributed by atoms with Crippen molar-refractivity contribution >= 4 is 28.3 Å². The number of para-hydroxylation sites is 1. The first kappa shape index (κ1) is 14.8. The molecular formula is C18H17N3O2. The molecule has 0 fully saturated rings. The van der Waals surface area contributed by atoms with Crippen molar-refractivity contribution in [1.82, 2.24) is 4.98 Å². The summed E-state index contributed by atoms with van der Waals surface area (Å²) in [5.74, 6) is 0.717. The lowest BCUT2D eigenvalue weighted by molar-refractivity contribution is 0.256. The van der Waals surface area contributed by atoms with Crippen LogP contribution in [0, 0.1) is 6.92 Å². The molecule has 5 nitrogen and oxygen atoms in total. The van der Waals surface area contributed by atoms with E-state index in [1.54, 1.807) is 31.4 Å². The normalized spacial score (nSPS) is 10.5. The van der Waals surface area contributed by atoms with Gasteiger partial charge in [0.25, 0.3) is 0 Å². The van der Waals surface area contributed by atoms with Crippen molar-refractivity contribution < 1.29 is 9.53 Å². The van der Waals surface area contributed by atoms with E-state index >= 15 is 0 Å². The maximum absolute atomic E-state index is 12.1. The standard InChI is InChI=1S/C18H17N3O2/c1-12-11-17(15-5-3-4-6-16(15)20-12)21(18(19)22)13-7-9-14(23-2)10-8-13/h3-11H,1-2H3,(H2,19,22). The van der Waals surface area contributed by atoms with Crippen molar-refractivity contribution in [3.63, 3.8) is 0 Å². The van der Waals surface area contributed by atoms with Crippen LogP contribution in [0.2, 0.25) is 0 Å². The van der Waals surface area contributed by atoms with E-state index in [0.29, 0.717) is 17.1 Å². The molecule has 0 aliphatic heterocycles. The van der Waals surface area contributed by atoms with Crippen molar-refractivity contribution in [2.24, 2.45) is 5.73 Å². The number of hydrogen-bond donors (Lipinski definition) is 1. The Balaban J connectivity index is 2.20. The summed E-state index contributed by atoms with van der Waals surface area (Å²) in [6, 6.07) is 16.2. The number of benzene rings is 2. The number of methoxy groups -OCH3 is 1. The minimum absolute atomic E-state index is 0.550. The molecule has 2 N–H and O–H groups in total. The summed E-state index contributed by atoms with van der Waals surface area (Å²) >= 11 is 0. The highest BCUT2D eigenvalue weighted by molar-refractivity contribution is 6.06. The van der Waals surface area contributed by atoms with Gasteiger partial charge in [-0.2, -0.15) is 0 Å². The van der Waals surface area contributed by atoms with E-state index in [1.807, 2.05) is 37.3 Å². The average Bonchev–Trinajstić information content (AvgIpc) is 2.55. The Morgan fingerprint density at radius 3 is 2.48 bits per heavy atom. The number of primary amides is 1. The molecule has 3 aromatic rings. The summed E-state index contributed by atoms with van der Waals surface area (Å²) in [5.41, 5.74) is 8.68. The van der Waals surface area contributed by atoms with Crippen LogP contribution in [0.3, 0.4) is 0 Å². The molecule has 0 radical (unpaired) electrons. The largest absolute Gasteiger partial charge is 0.497 e. The van der Waals surface area contributed by atoms with Gasteiger partial charge in [0.2, 0.25) is 0 Å². The molecule has 5 heteroatoms. The Morgan fingerprint density at radius 1 is 1.13 bits per heavy atom. The summed E-state index contributed by atoms with van der Waals surface area (Å²) in [4.78, 5) is 18.1. The molecule has 116 valence electrons. The van der Waals surface area contributed by atoms with Gasteiger partial charge in [-0.1, -0.05) is 18.2 Å². The fourth-order valence-electron chi connectivity index (χ4n) is 2.59. The number of aryl methyl sites for hydroxylation is 1. The van der Waals surface area contributed by atoms with E-state index in [4.69, 9.17) is 10.5 Å². The van der Waals surface area contributed by atoms with Crippen LogP contribution in [0.25, 0.3) is 10.9 Å². The first-order valence-electron chi connectivity index (χ1n) is 7.20. The highest BCUT2D eigenvalue weighted by Crippen LogP contribution is 2.33. The van der Waals surface area contributed by atoms with Gasteiger partial charge in [0.15, 0.2) is 0 Å². The molecule has 3 rings (SSSR count). The molecule has 2 amide bonds. The van der Waals surface area contributed by atoms with Gasteiger partial charge >= 0.3 is 6.03 Å². The molecule has 0 aliphatic carbocycles. The number of nitrogens with zero attached hydrogens (tertiary/aromatic N) is 2. The molecule has 0 saturated carbocycles. The number of carbonyl (C=O) groups is 1. The van der Waals surface area contributed by atoms with E-state index in [2.05, 4.69) is 4.98 Å². The Morgan fingerprint density at radius 2 is 1.83 bits per heavy atom. The molecule has 2 aromatic carbocycles. The van der Waals surface area contributed by atoms with Gasteiger partial charge in [-0.3, -0.25) is 9.88 Å². The molecule has 1 aromatic heterocycles. The smallest absolute Gasteiger partial charge is 0.323 e. The van der Waals surface area contributed by atoms with Crippen LogP contribution < -0.4 is 15.4 Å². The van der Waals surface area contributed by atoms with Crippen molar-refractivity contribution in [2.75, 3.05) is 12.0 Å². The van der Waals surface area contributed by atoms with E-state index in [-0.39, 0.29) is 0 Å². The maximum Gasteiger partial charge on any atom is 0.323 e. The van der Waals surface area contributed by atoms with E-state index in [1.165, 1.54) is 4.90 Å². The van der Waals surface area contributed by atoms with Crippen molar-refractivity contribution in [1.29, 1.82) is 0 Å². The average molecular weight is 307 g/mol. The highest BCUT2D eigenvalue weighted by atomic mass is 16.5. The summed E-state index contributed by atoms with van der Waals surface area (Å²) in [6.07, 6.45) is 0. The van der Waals surface area contributed by atoms with Crippen molar-refractivity contribution in [3.05, 3.63) is 60.3 Å². The molecule has 0 spiro atoms. The molecule has 0 saturated heterocycles. The third-order valence-electron chi connectivity index (χ3n) is 3.61. The lowest BCUT2D eigenvalue weighted by Crippen LogP contribution is -2.31. The lowest BCUT2D eigenvalue weighted by atomic mass is 10.1. The summed E-state index contributed by atoms with van der Waals surface area (Å²) < 4.78 is 5.16. The Bertz CT molecular complexity index is 860. The molecule has 0 unspecified atom stereocenters. The van der Waals surface area contributed by atoms with Crippen molar-refractivity contribution in [2.45, 2.75) is 6.92 Å². The number of anilines is 2. The Labute approximate surface area is 134 Å². The number of nitrogens with two attached hydrogens (primary N) is 1. The zero-order chi connectivity index (χ0) is 16.4. The molecule has 0 bridgehead atoms. The fraction of sp³-hybridized carbons (Fsp3) is 0.111. The van der Waals surface area contributed by atoms with Crippen LogP contribution >= 0.6 is 0 Å². The second kappa shape index (κ2) is 5.96. The minimum Gasteiger partial charge on any atom is -0.497 e. The minimum atomic E-state index is -0.550. The molecule has 0 atom stereocenters. The van der Waals surface area contributed by atoms with Crippen LogP contribution in [-0.4, -0.2) is 18.1 Å². The first-order valence-corrected chi connectivity index (χ1v) is 7.20. The number of aromatic nitrogens is 1. The number of pyridine rings is 1. The number of carbonyl (C=O) groups excluding carboxylic acids is 1. The second-order valence-electron chi connectivity index (χ2n) is 5.17. The van der Waals surface area contributed by atoms with Gasteiger partial charge in [0.05, 0.1) is 24.0 Å². The number of hydrogen-bond acceptors (Lipinski definition) is 3. The number of fused-ring (bicyclic) bond motifs is 1. The molecule has 0 aliphatic rings. The van der Waals surface area contributed by atoms with Gasteiger partial charge in [-0.05, 0) is 43.3 Å². The molecular weight excluding hydrogens is 290 g/mol. The van der Waals surface area contributed by atoms with Gasteiger partial charge in [0, 0.05) is 11.1 Å². The topological polar surface area (TPSA) is 68.5 Å². The van der Waals surface area contributed by atoms with Crippen molar-refractivity contribution in [3.8, 4) is 5.75 Å². The van der Waals surface area contributed by atoms with E-state index in [0.717, 1.165) is 16.6 Å². The highest BCUT2D eigenvalue weighted by Gasteiger charge is 2.18. The summed E-state index contributed by atoms with van der Waals surface area (Å²) in [7, 11) is 1.60. The van der Waals surface area contributed by atoms with Crippen LogP contribution in [0.1, 0.15) is 5.69 Å². The van der Waals surface area contributed by atoms with Crippen LogP contribution in [-0.2, 0) is 0 Å². The monoisotopic (exact) mass is 307 g/mol. The third-order valence-corrected chi connectivity index (χ3v) is 3.61. The lowest BCUT2D eigenvalue weighted by Gasteiger charge is -2.23. The molecule has 1 heterocycles. The number of amides is 2. The summed E-state index contributed by atoms with van der Waals surface area (Å²) in [6.45, 7) is 1.89. The predicted octanol–water partition coefficient (Wildman–Crippen LogP) is 3.77. The van der Waals surface area contributed by atoms with Gasteiger partial charge < -0.3 is 10.5 Å². The zero-order valence-electron chi connectivity index (χ0n) is 13.0. The van der Waals surface area contributed by atoms with Gasteiger partial charge in [-0.25, -0.2) is 4.79 Å². The maximum atomic E-state index is 12.1. The van der Waals surface area contributed by atoms with E-state index in [9.17, 15) is 4.79 Å². The first-order chi connectivity index (χ1) is 11.1. The summed E-state index contributed by atoms with van der Waals surface area (Å²) in [5, 5.41) is 0.868. The third kappa shape index (κ3) is 2.81. The van der Waals surface area contributed by atoms with Gasteiger partial charge in [-0.15, -0.1) is 0 Å². The number of urea groups is 1. The number of rotatable bonds is 3. The Hall–Kier alpha value is -3.08. The van der Waals surface area contributed by atoms with Crippen LogP contribution in [0.5, 0.6) is 5.75 Å². The quantitative estimate of drug-likeness (QED) is 0.801. The second-order valence-corrected chi connectivity index (χ2v) is 5.17. The zero-order valence-corrected chi connectivity index (χ0v) is 13.0. The van der Waals surface area contributed by atoms with Gasteiger partial charge in [0.1, 0.15) is 5.75 Å².